The highest BCUT2D eigenvalue weighted by molar-refractivity contribution is 6.56. The zero-order chi connectivity index (χ0) is 23.2. The van der Waals surface area contributed by atoms with Crippen LogP contribution in [0.25, 0.3) is 0 Å². The molecule has 2 amide bonds. The van der Waals surface area contributed by atoms with Crippen LogP contribution in [0.3, 0.4) is 0 Å². The second kappa shape index (κ2) is 9.12. The fourth-order valence-corrected chi connectivity index (χ4v) is 5.05. The Kier molecular flexibility index (Phi) is 6.62. The SMILES string of the molecule is Cc1ccc2c(c1)[C@H](c1ccccc1)N(C(=O)c1c(Cl)c(Cl)c(Cl)c(Cl)c1Cl)CC(=O)N2. The molecule has 1 heterocycles. The van der Waals surface area contributed by atoms with Crippen molar-refractivity contribution < 1.29 is 9.59 Å². The third-order valence-electron chi connectivity index (χ3n) is 5.20. The summed E-state index contributed by atoms with van der Waals surface area (Å²) in [6.45, 7) is 1.70. The van der Waals surface area contributed by atoms with Crippen LogP contribution in [0.2, 0.25) is 25.1 Å². The fourth-order valence-electron chi connectivity index (χ4n) is 3.75. The molecule has 1 N–H and O–H groups in total. The van der Waals surface area contributed by atoms with Crippen molar-refractivity contribution in [3.05, 3.63) is 95.9 Å². The molecule has 0 spiro atoms. The summed E-state index contributed by atoms with van der Waals surface area (Å²) in [5, 5.41) is 2.40. The lowest BCUT2D eigenvalue weighted by atomic mass is 9.94. The van der Waals surface area contributed by atoms with Crippen LogP contribution in [0.1, 0.15) is 33.1 Å². The summed E-state index contributed by atoms with van der Waals surface area (Å²) in [5.74, 6) is -0.959. The van der Waals surface area contributed by atoms with E-state index in [4.69, 9.17) is 58.0 Å². The number of nitrogens with zero attached hydrogens (tertiary/aromatic N) is 1. The number of aryl methyl sites for hydroxylation is 1. The molecule has 3 aromatic carbocycles. The molecule has 1 aliphatic rings. The van der Waals surface area contributed by atoms with Crippen molar-refractivity contribution in [1.82, 2.24) is 4.90 Å². The molecular weight excluding hydrogens is 514 g/mol. The van der Waals surface area contributed by atoms with Crippen molar-refractivity contribution in [1.29, 1.82) is 0 Å². The van der Waals surface area contributed by atoms with E-state index < -0.39 is 11.9 Å². The van der Waals surface area contributed by atoms with Crippen molar-refractivity contribution in [2.75, 3.05) is 11.9 Å². The molecule has 1 aliphatic heterocycles. The maximum Gasteiger partial charge on any atom is 0.258 e. The van der Waals surface area contributed by atoms with Crippen LogP contribution in [0.15, 0.2) is 48.5 Å². The van der Waals surface area contributed by atoms with Gasteiger partial charge in [-0.1, -0.05) is 106 Å². The predicted octanol–water partition coefficient (Wildman–Crippen LogP) is 7.45. The normalized spacial score (nSPS) is 15.8. The highest BCUT2D eigenvalue weighted by Gasteiger charge is 2.36. The molecule has 9 heteroatoms. The Morgan fingerprint density at radius 1 is 0.906 bits per heavy atom. The lowest BCUT2D eigenvalue weighted by Gasteiger charge is -2.31. The molecule has 0 saturated heterocycles. The highest BCUT2D eigenvalue weighted by atomic mass is 35.5. The third kappa shape index (κ3) is 4.07. The predicted molar refractivity (Wildman–Crippen MR) is 131 cm³/mol. The molecule has 0 aromatic heterocycles. The number of hydrogen-bond donors (Lipinski definition) is 1. The molecule has 3 aromatic rings. The summed E-state index contributed by atoms with van der Waals surface area (Å²) in [7, 11) is 0. The number of amides is 2. The van der Waals surface area contributed by atoms with Gasteiger partial charge in [0.2, 0.25) is 5.91 Å². The number of hydrogen-bond acceptors (Lipinski definition) is 2. The van der Waals surface area contributed by atoms with Gasteiger partial charge < -0.3 is 10.2 Å². The van der Waals surface area contributed by atoms with Crippen molar-refractivity contribution in [3.63, 3.8) is 0 Å². The van der Waals surface area contributed by atoms with Crippen LogP contribution in [-0.4, -0.2) is 23.3 Å². The first kappa shape index (κ1) is 23.2. The third-order valence-corrected chi connectivity index (χ3v) is 7.48. The van der Waals surface area contributed by atoms with Crippen molar-refractivity contribution in [3.8, 4) is 0 Å². The zero-order valence-corrected chi connectivity index (χ0v) is 20.3. The Morgan fingerprint density at radius 3 is 2.12 bits per heavy atom. The van der Waals surface area contributed by atoms with E-state index in [-0.39, 0.29) is 43.1 Å². The summed E-state index contributed by atoms with van der Waals surface area (Å²) in [4.78, 5) is 28.0. The van der Waals surface area contributed by atoms with Gasteiger partial charge in [-0.3, -0.25) is 9.59 Å². The number of fused-ring (bicyclic) bond motifs is 1. The van der Waals surface area contributed by atoms with Crippen molar-refractivity contribution in [2.24, 2.45) is 0 Å². The molecule has 4 rings (SSSR count). The maximum absolute atomic E-state index is 13.9. The van der Waals surface area contributed by atoms with Gasteiger partial charge in [0.1, 0.15) is 6.54 Å². The Hall–Kier alpha value is -1.95. The topological polar surface area (TPSA) is 49.4 Å². The number of carbonyl (C=O) groups is 2. The lowest BCUT2D eigenvalue weighted by Crippen LogP contribution is -2.39. The smallest absolute Gasteiger partial charge is 0.258 e. The van der Waals surface area contributed by atoms with Crippen LogP contribution < -0.4 is 5.32 Å². The van der Waals surface area contributed by atoms with Crippen LogP contribution in [0.4, 0.5) is 5.69 Å². The van der Waals surface area contributed by atoms with Gasteiger partial charge in [0, 0.05) is 11.3 Å². The molecule has 0 saturated carbocycles. The summed E-state index contributed by atoms with van der Waals surface area (Å²) >= 11 is 31.2. The average Bonchev–Trinajstić information content (AvgIpc) is 2.92. The van der Waals surface area contributed by atoms with E-state index in [1.807, 2.05) is 55.5 Å². The second-order valence-corrected chi connectivity index (χ2v) is 9.22. The largest absolute Gasteiger partial charge is 0.324 e. The number of anilines is 1. The van der Waals surface area contributed by atoms with Crippen molar-refractivity contribution >= 4 is 75.5 Å². The molecule has 4 nitrogen and oxygen atoms in total. The molecule has 32 heavy (non-hydrogen) atoms. The molecule has 164 valence electrons. The first-order valence-corrected chi connectivity index (χ1v) is 11.4. The average molecular weight is 529 g/mol. The molecular formula is C23H15Cl5N2O2. The number of nitrogens with one attached hydrogen (secondary N) is 1. The van der Waals surface area contributed by atoms with Gasteiger partial charge in [-0.05, 0) is 18.6 Å². The minimum Gasteiger partial charge on any atom is -0.324 e. The Balaban J connectivity index is 1.96. The lowest BCUT2D eigenvalue weighted by molar-refractivity contribution is -0.117. The van der Waals surface area contributed by atoms with Crippen LogP contribution in [0, 0.1) is 6.92 Å². The van der Waals surface area contributed by atoms with E-state index in [2.05, 4.69) is 5.32 Å². The van der Waals surface area contributed by atoms with Crippen LogP contribution >= 0.6 is 58.0 Å². The van der Waals surface area contributed by atoms with E-state index >= 15 is 0 Å². The van der Waals surface area contributed by atoms with E-state index in [1.165, 1.54) is 4.90 Å². The molecule has 1 atom stereocenters. The van der Waals surface area contributed by atoms with Gasteiger partial charge in [-0.15, -0.1) is 0 Å². The Morgan fingerprint density at radius 2 is 1.50 bits per heavy atom. The molecule has 0 radical (unpaired) electrons. The van der Waals surface area contributed by atoms with E-state index in [0.29, 0.717) is 5.69 Å². The molecule has 0 bridgehead atoms. The maximum atomic E-state index is 13.9. The standard InChI is InChI=1S/C23H15Cl5N2O2/c1-11-7-8-14-13(9-11)22(12-5-3-2-4-6-12)30(10-15(31)29-14)23(32)16-17(24)19(26)21(28)20(27)18(16)25/h2-9,22H,10H2,1H3,(H,29,31)/t22-/m0/s1. The minimum absolute atomic E-state index is 0.0472. The quantitative estimate of drug-likeness (QED) is 0.277. The first-order chi connectivity index (χ1) is 15.2. The van der Waals surface area contributed by atoms with E-state index in [0.717, 1.165) is 16.7 Å². The van der Waals surface area contributed by atoms with Gasteiger partial charge in [-0.25, -0.2) is 0 Å². The number of halogens is 5. The molecule has 0 aliphatic carbocycles. The van der Waals surface area contributed by atoms with Crippen molar-refractivity contribution in [2.45, 2.75) is 13.0 Å². The highest BCUT2D eigenvalue weighted by Crippen LogP contribution is 2.46. The minimum atomic E-state index is -0.599. The Labute approximate surface area is 210 Å². The second-order valence-electron chi connectivity index (χ2n) is 7.33. The van der Waals surface area contributed by atoms with Gasteiger partial charge in [0.25, 0.3) is 5.91 Å². The van der Waals surface area contributed by atoms with Gasteiger partial charge in [0.05, 0.1) is 36.7 Å². The van der Waals surface area contributed by atoms with Gasteiger partial charge >= 0.3 is 0 Å². The summed E-state index contributed by atoms with van der Waals surface area (Å²) in [6.07, 6.45) is 0. The van der Waals surface area contributed by atoms with Gasteiger partial charge in [0.15, 0.2) is 0 Å². The number of carbonyl (C=O) groups excluding carboxylic acids is 2. The van der Waals surface area contributed by atoms with Gasteiger partial charge in [-0.2, -0.15) is 0 Å². The molecule has 0 unspecified atom stereocenters. The van der Waals surface area contributed by atoms with E-state index in [9.17, 15) is 9.59 Å². The zero-order valence-electron chi connectivity index (χ0n) is 16.6. The fraction of sp³-hybridized carbons (Fsp3) is 0.130. The Bertz CT molecular complexity index is 1220. The van der Waals surface area contributed by atoms with Crippen LogP contribution in [0.5, 0.6) is 0 Å². The first-order valence-electron chi connectivity index (χ1n) is 9.48. The number of rotatable bonds is 2. The summed E-state index contributed by atoms with van der Waals surface area (Å²) < 4.78 is 0. The summed E-state index contributed by atoms with van der Waals surface area (Å²) in [5.41, 5.74) is 3.05. The van der Waals surface area contributed by atoms with Crippen LogP contribution in [-0.2, 0) is 4.79 Å². The summed E-state index contributed by atoms with van der Waals surface area (Å²) in [6, 6.07) is 14.4. The number of benzene rings is 3. The molecule has 0 fully saturated rings. The van der Waals surface area contributed by atoms with E-state index in [1.54, 1.807) is 0 Å². The monoisotopic (exact) mass is 526 g/mol.